The molecule has 1 aromatic heterocycles. The van der Waals surface area contributed by atoms with E-state index in [0.717, 1.165) is 5.56 Å². The molecule has 0 radical (unpaired) electrons. The fourth-order valence-corrected chi connectivity index (χ4v) is 3.23. The van der Waals surface area contributed by atoms with Gasteiger partial charge in [-0.15, -0.1) is 0 Å². The molecular formula is C24H21N3O3S. The van der Waals surface area contributed by atoms with Crippen molar-refractivity contribution in [3.8, 4) is 17.2 Å². The first-order chi connectivity index (χ1) is 15.0. The number of hydrogen-bond donors (Lipinski definition) is 2. The van der Waals surface area contributed by atoms with Crippen molar-refractivity contribution in [3.63, 3.8) is 0 Å². The molecule has 0 saturated heterocycles. The van der Waals surface area contributed by atoms with Crippen molar-refractivity contribution in [2.45, 2.75) is 13.8 Å². The van der Waals surface area contributed by atoms with E-state index in [-0.39, 0.29) is 17.6 Å². The van der Waals surface area contributed by atoms with Crippen molar-refractivity contribution in [2.75, 3.05) is 11.9 Å². The summed E-state index contributed by atoms with van der Waals surface area (Å²) in [5, 5.41) is 5.77. The number of ether oxygens (including phenoxy) is 1. The van der Waals surface area contributed by atoms with Crippen LogP contribution < -0.4 is 15.4 Å². The molecule has 4 aromatic rings. The van der Waals surface area contributed by atoms with Crippen LogP contribution in [0.5, 0.6) is 5.75 Å². The lowest BCUT2D eigenvalue weighted by Gasteiger charge is -2.10. The number of carbonyl (C=O) groups excluding carboxylic acids is 1. The minimum Gasteiger partial charge on any atom is -0.484 e. The van der Waals surface area contributed by atoms with Gasteiger partial charge in [0.25, 0.3) is 5.91 Å². The molecule has 2 N–H and O–H groups in total. The largest absolute Gasteiger partial charge is 0.484 e. The normalized spacial score (nSPS) is 10.6. The molecule has 0 aliphatic rings. The number of aromatic nitrogens is 1. The summed E-state index contributed by atoms with van der Waals surface area (Å²) in [5.74, 6) is 0.831. The monoisotopic (exact) mass is 431 g/mol. The number of carbonyl (C=O) groups is 1. The third-order valence-electron chi connectivity index (χ3n) is 4.77. The summed E-state index contributed by atoms with van der Waals surface area (Å²) < 4.78 is 11.3. The summed E-state index contributed by atoms with van der Waals surface area (Å²) in [4.78, 5) is 16.6. The molecule has 3 aromatic carbocycles. The number of thiocarbonyl (C=S) groups is 1. The van der Waals surface area contributed by atoms with Crippen LogP contribution in [0.1, 0.15) is 11.1 Å². The van der Waals surface area contributed by atoms with Crippen LogP contribution in [0.25, 0.3) is 22.6 Å². The predicted octanol–water partition coefficient (Wildman–Crippen LogP) is 5.00. The van der Waals surface area contributed by atoms with Gasteiger partial charge in [0.05, 0.1) is 0 Å². The summed E-state index contributed by atoms with van der Waals surface area (Å²) in [6, 6.07) is 20.7. The molecule has 0 unspecified atom stereocenters. The number of hydrogen-bond acceptors (Lipinski definition) is 5. The number of aryl methyl sites for hydroxylation is 2. The Hall–Kier alpha value is -3.71. The van der Waals surface area contributed by atoms with Crippen LogP contribution in [0.4, 0.5) is 5.69 Å². The maximum atomic E-state index is 12.1. The number of oxazole rings is 1. The van der Waals surface area contributed by atoms with E-state index in [2.05, 4.69) is 41.6 Å². The molecule has 0 atom stereocenters. The Morgan fingerprint density at radius 1 is 1.03 bits per heavy atom. The summed E-state index contributed by atoms with van der Waals surface area (Å²) in [5.41, 5.74) is 5.39. The summed E-state index contributed by atoms with van der Waals surface area (Å²) in [6.45, 7) is 4.00. The number of fused-ring (bicyclic) bond motifs is 1. The highest BCUT2D eigenvalue weighted by molar-refractivity contribution is 7.80. The Morgan fingerprint density at radius 2 is 1.84 bits per heavy atom. The highest BCUT2D eigenvalue weighted by atomic mass is 32.1. The van der Waals surface area contributed by atoms with Crippen molar-refractivity contribution in [1.82, 2.24) is 10.3 Å². The zero-order valence-corrected chi connectivity index (χ0v) is 18.0. The van der Waals surface area contributed by atoms with Gasteiger partial charge in [0.15, 0.2) is 17.3 Å². The number of para-hydroxylation sites is 1. The van der Waals surface area contributed by atoms with Gasteiger partial charge in [-0.05, 0) is 79.7 Å². The van der Waals surface area contributed by atoms with E-state index in [1.54, 1.807) is 12.1 Å². The zero-order valence-electron chi connectivity index (χ0n) is 17.1. The molecule has 0 aliphatic carbocycles. The first kappa shape index (κ1) is 20.6. The SMILES string of the molecule is Cc1ccc(-c2nc3cc(NC(=S)NC(=O)COc4ccccc4)ccc3o2)cc1C. The first-order valence-electron chi connectivity index (χ1n) is 9.75. The molecule has 6 nitrogen and oxygen atoms in total. The second-order valence-corrected chi connectivity index (χ2v) is 7.51. The number of nitrogens with zero attached hydrogens (tertiary/aromatic N) is 1. The molecule has 0 saturated carbocycles. The lowest BCUT2D eigenvalue weighted by molar-refractivity contribution is -0.121. The third kappa shape index (κ3) is 5.07. The van der Waals surface area contributed by atoms with Crippen LogP contribution in [-0.4, -0.2) is 22.6 Å². The lowest BCUT2D eigenvalue weighted by Crippen LogP contribution is -2.37. The molecule has 0 bridgehead atoms. The van der Waals surface area contributed by atoms with E-state index in [1.807, 2.05) is 42.5 Å². The van der Waals surface area contributed by atoms with E-state index >= 15 is 0 Å². The minimum atomic E-state index is -0.346. The van der Waals surface area contributed by atoms with Gasteiger partial charge in [-0.2, -0.15) is 0 Å². The van der Waals surface area contributed by atoms with Gasteiger partial charge in [0.2, 0.25) is 5.89 Å². The lowest BCUT2D eigenvalue weighted by atomic mass is 10.1. The first-order valence-corrected chi connectivity index (χ1v) is 10.2. The molecule has 0 aliphatic heterocycles. The second kappa shape index (κ2) is 8.97. The molecular weight excluding hydrogens is 410 g/mol. The highest BCUT2D eigenvalue weighted by Gasteiger charge is 2.11. The van der Waals surface area contributed by atoms with Crippen LogP contribution in [0.2, 0.25) is 0 Å². The molecule has 156 valence electrons. The van der Waals surface area contributed by atoms with E-state index < -0.39 is 0 Å². The number of benzene rings is 3. The Labute approximate surface area is 185 Å². The fourth-order valence-electron chi connectivity index (χ4n) is 2.99. The maximum Gasteiger partial charge on any atom is 0.264 e. The van der Waals surface area contributed by atoms with E-state index in [0.29, 0.717) is 28.4 Å². The number of nitrogens with one attached hydrogen (secondary N) is 2. The Kier molecular flexibility index (Phi) is 5.95. The summed E-state index contributed by atoms with van der Waals surface area (Å²) >= 11 is 5.23. The summed E-state index contributed by atoms with van der Waals surface area (Å²) in [7, 11) is 0. The van der Waals surface area contributed by atoms with Gasteiger partial charge in [0, 0.05) is 11.3 Å². The third-order valence-corrected chi connectivity index (χ3v) is 4.97. The van der Waals surface area contributed by atoms with Gasteiger partial charge >= 0.3 is 0 Å². The maximum absolute atomic E-state index is 12.1. The molecule has 0 spiro atoms. The van der Waals surface area contributed by atoms with Crippen LogP contribution in [-0.2, 0) is 4.79 Å². The van der Waals surface area contributed by atoms with Gasteiger partial charge in [-0.3, -0.25) is 10.1 Å². The Bertz CT molecular complexity index is 1250. The number of anilines is 1. The zero-order chi connectivity index (χ0) is 21.8. The average molecular weight is 432 g/mol. The van der Waals surface area contributed by atoms with E-state index in [9.17, 15) is 4.79 Å². The van der Waals surface area contributed by atoms with Crippen LogP contribution in [0.15, 0.2) is 71.1 Å². The Morgan fingerprint density at radius 3 is 2.61 bits per heavy atom. The van der Waals surface area contributed by atoms with Gasteiger partial charge in [-0.25, -0.2) is 4.98 Å². The van der Waals surface area contributed by atoms with Gasteiger partial charge < -0.3 is 14.5 Å². The van der Waals surface area contributed by atoms with Crippen LogP contribution >= 0.6 is 12.2 Å². The number of amides is 1. The van der Waals surface area contributed by atoms with Gasteiger partial charge in [-0.1, -0.05) is 24.3 Å². The molecule has 1 heterocycles. The van der Waals surface area contributed by atoms with Crippen molar-refractivity contribution in [2.24, 2.45) is 0 Å². The molecule has 0 fully saturated rings. The average Bonchev–Trinajstić information content (AvgIpc) is 3.18. The topological polar surface area (TPSA) is 76.4 Å². The Balaban J connectivity index is 1.39. The number of rotatable bonds is 5. The van der Waals surface area contributed by atoms with Crippen molar-refractivity contribution < 1.29 is 13.9 Å². The smallest absolute Gasteiger partial charge is 0.264 e. The van der Waals surface area contributed by atoms with E-state index in [4.69, 9.17) is 21.4 Å². The summed E-state index contributed by atoms with van der Waals surface area (Å²) in [6.07, 6.45) is 0. The van der Waals surface area contributed by atoms with Crippen LogP contribution in [0, 0.1) is 13.8 Å². The standard InChI is InChI=1S/C24H21N3O3S/c1-15-8-9-17(12-16(15)2)23-26-20-13-18(10-11-21(20)30-23)25-24(31)27-22(28)14-29-19-6-4-3-5-7-19/h3-13H,14H2,1-2H3,(H2,25,27,28,31). The highest BCUT2D eigenvalue weighted by Crippen LogP contribution is 2.27. The van der Waals surface area contributed by atoms with Crippen LogP contribution in [0.3, 0.4) is 0 Å². The second-order valence-electron chi connectivity index (χ2n) is 7.10. The van der Waals surface area contributed by atoms with Crippen molar-refractivity contribution in [3.05, 3.63) is 77.9 Å². The fraction of sp³-hybridized carbons (Fsp3) is 0.125. The quantitative estimate of drug-likeness (QED) is 0.433. The van der Waals surface area contributed by atoms with Gasteiger partial charge in [0.1, 0.15) is 11.3 Å². The van der Waals surface area contributed by atoms with Crippen molar-refractivity contribution >= 4 is 40.0 Å². The van der Waals surface area contributed by atoms with E-state index in [1.165, 1.54) is 11.1 Å². The minimum absolute atomic E-state index is 0.131. The predicted molar refractivity (Wildman–Crippen MR) is 125 cm³/mol. The molecule has 7 heteroatoms. The van der Waals surface area contributed by atoms with Crippen molar-refractivity contribution in [1.29, 1.82) is 0 Å². The molecule has 4 rings (SSSR count). The molecule has 31 heavy (non-hydrogen) atoms. The molecule has 1 amide bonds.